The van der Waals surface area contributed by atoms with Gasteiger partial charge in [-0.25, -0.2) is 0 Å². The Morgan fingerprint density at radius 2 is 1.88 bits per heavy atom. The van der Waals surface area contributed by atoms with Crippen LogP contribution in [0, 0.1) is 5.41 Å². The third-order valence-corrected chi connectivity index (χ3v) is 2.85. The molecule has 1 amide bonds. The molecule has 0 bridgehead atoms. The van der Waals surface area contributed by atoms with Crippen LogP contribution in [0.2, 0.25) is 0 Å². The van der Waals surface area contributed by atoms with E-state index >= 15 is 0 Å². The average Bonchev–Trinajstić information content (AvgIpc) is 2.16. The Hall–Kier alpha value is 0.961. The van der Waals surface area contributed by atoms with Gasteiger partial charge in [0.25, 0.3) is 0 Å². The maximum atomic E-state index is 12.2. The van der Waals surface area contributed by atoms with Crippen LogP contribution >= 0.6 is 0 Å². The molecule has 0 aliphatic carbocycles. The molecule has 0 aromatic carbocycles. The van der Waals surface area contributed by atoms with E-state index in [2.05, 4.69) is 0 Å². The van der Waals surface area contributed by atoms with Crippen LogP contribution in [0.3, 0.4) is 0 Å². The van der Waals surface area contributed by atoms with Crippen LogP contribution in [0.1, 0.15) is 33.1 Å². The van der Waals surface area contributed by atoms with Crippen molar-refractivity contribution >= 4 is 12.9 Å². The van der Waals surface area contributed by atoms with Crippen LogP contribution in [-0.4, -0.2) is 30.8 Å². The second kappa shape index (κ2) is 6.22. The molecule has 16 heavy (non-hydrogen) atoms. The summed E-state index contributed by atoms with van der Waals surface area (Å²) in [7, 11) is 0. The molecule has 0 radical (unpaired) electrons. The molecule has 1 heterocycles. The second-order valence-electron chi connectivity index (χ2n) is 4.96. The van der Waals surface area contributed by atoms with Crippen LogP contribution in [-0.2, 0) is 4.79 Å². The summed E-state index contributed by atoms with van der Waals surface area (Å²) in [5, 5.41) is 0. The van der Waals surface area contributed by atoms with Gasteiger partial charge >= 0.3 is 58.4 Å². The van der Waals surface area contributed by atoms with Crippen molar-refractivity contribution in [2.75, 3.05) is 13.0 Å². The van der Waals surface area contributed by atoms with E-state index in [-0.39, 0.29) is 75.7 Å². The van der Waals surface area contributed by atoms with Gasteiger partial charge in [-0.05, 0) is 24.7 Å². The number of halogens is 3. The van der Waals surface area contributed by atoms with E-state index in [1.165, 1.54) is 0 Å². The number of carbonyl (C=O) groups excluding carboxylic acids is 1. The SMILES string of the molecule is CC1(C)CCC(=O)N(C[B-](F)(F)F)CC1.[K+]. The molecule has 1 fully saturated rings. The number of hydrogen-bond acceptors (Lipinski definition) is 1. The molecular formula is C9H16BF3KNO. The number of hydrogen-bond donors (Lipinski definition) is 0. The van der Waals surface area contributed by atoms with Gasteiger partial charge in [-0.1, -0.05) is 13.8 Å². The van der Waals surface area contributed by atoms with Crippen molar-refractivity contribution in [1.29, 1.82) is 0 Å². The Kier molecular flexibility index (Phi) is 6.60. The van der Waals surface area contributed by atoms with E-state index < -0.39 is 13.4 Å². The zero-order chi connectivity index (χ0) is 11.7. The Labute approximate surface area is 137 Å². The van der Waals surface area contributed by atoms with E-state index in [0.717, 1.165) is 4.90 Å². The fourth-order valence-electron chi connectivity index (χ4n) is 1.73. The number of amides is 1. The molecule has 1 aliphatic heterocycles. The van der Waals surface area contributed by atoms with Crippen molar-refractivity contribution in [2.45, 2.75) is 33.1 Å². The second-order valence-corrected chi connectivity index (χ2v) is 4.96. The number of likely N-dealkylation sites (tertiary alicyclic amines) is 1. The largest absolute Gasteiger partial charge is 1.00 e. The summed E-state index contributed by atoms with van der Waals surface area (Å²) in [5.74, 6) is -0.361. The Morgan fingerprint density at radius 1 is 1.31 bits per heavy atom. The zero-order valence-electron chi connectivity index (χ0n) is 10.1. The molecule has 1 saturated heterocycles. The Balaban J connectivity index is 0.00000225. The fraction of sp³-hybridized carbons (Fsp3) is 0.889. The number of nitrogens with zero attached hydrogens (tertiary/aromatic N) is 1. The molecule has 0 saturated carbocycles. The summed E-state index contributed by atoms with van der Waals surface area (Å²) in [5.41, 5.74) is -0.0248. The molecule has 2 nitrogen and oxygen atoms in total. The van der Waals surface area contributed by atoms with Crippen LogP contribution in [0.25, 0.3) is 0 Å². The summed E-state index contributed by atoms with van der Waals surface area (Å²) < 4.78 is 36.6. The van der Waals surface area contributed by atoms with E-state index in [1.807, 2.05) is 13.8 Å². The molecule has 0 aromatic rings. The topological polar surface area (TPSA) is 20.3 Å². The minimum Gasteiger partial charge on any atom is -0.448 e. The van der Waals surface area contributed by atoms with Crippen molar-refractivity contribution in [1.82, 2.24) is 4.90 Å². The molecule has 0 aromatic heterocycles. The van der Waals surface area contributed by atoms with Gasteiger partial charge in [0.15, 0.2) is 0 Å². The van der Waals surface area contributed by atoms with E-state index in [9.17, 15) is 17.7 Å². The first-order valence-corrected chi connectivity index (χ1v) is 5.18. The molecule has 0 N–H and O–H groups in total. The zero-order valence-corrected chi connectivity index (χ0v) is 13.2. The van der Waals surface area contributed by atoms with Gasteiger partial charge in [0.2, 0.25) is 5.91 Å². The molecule has 0 atom stereocenters. The Bertz CT molecular complexity index is 258. The molecule has 0 unspecified atom stereocenters. The fourth-order valence-corrected chi connectivity index (χ4v) is 1.73. The van der Waals surface area contributed by atoms with Crippen LogP contribution in [0.4, 0.5) is 12.9 Å². The Morgan fingerprint density at radius 3 is 2.38 bits per heavy atom. The molecule has 1 aliphatic rings. The van der Waals surface area contributed by atoms with E-state index in [0.29, 0.717) is 12.8 Å². The van der Waals surface area contributed by atoms with Crippen LogP contribution in [0.15, 0.2) is 0 Å². The predicted octanol–water partition coefficient (Wildman–Crippen LogP) is -0.584. The van der Waals surface area contributed by atoms with Gasteiger partial charge < -0.3 is 17.8 Å². The minimum absolute atomic E-state index is 0. The standard InChI is InChI=1S/C9H16BF3NO.K/c1-9(2)4-3-8(15)14(6-5-9)7-10(11,12)13;/h3-7H2,1-2H3;/q-1;+1. The van der Waals surface area contributed by atoms with Gasteiger partial charge in [0.05, 0.1) is 0 Å². The molecule has 1 rings (SSSR count). The molecular weight excluding hydrogens is 245 g/mol. The summed E-state index contributed by atoms with van der Waals surface area (Å²) in [4.78, 5) is 12.4. The van der Waals surface area contributed by atoms with Crippen molar-refractivity contribution in [3.63, 3.8) is 0 Å². The molecule has 0 spiro atoms. The quantitative estimate of drug-likeness (QED) is 0.609. The monoisotopic (exact) mass is 261 g/mol. The summed E-state index contributed by atoms with van der Waals surface area (Å²) in [6, 6.07) is 0. The smallest absolute Gasteiger partial charge is 0.448 e. The van der Waals surface area contributed by atoms with E-state index in [4.69, 9.17) is 0 Å². The van der Waals surface area contributed by atoms with Gasteiger partial charge in [0.1, 0.15) is 0 Å². The normalized spacial score (nSPS) is 21.3. The van der Waals surface area contributed by atoms with Crippen molar-refractivity contribution < 1.29 is 69.1 Å². The maximum absolute atomic E-state index is 12.2. The number of carbonyl (C=O) groups is 1. The van der Waals surface area contributed by atoms with Gasteiger partial charge in [-0.15, -0.1) is 0 Å². The van der Waals surface area contributed by atoms with Crippen molar-refractivity contribution in [2.24, 2.45) is 5.41 Å². The van der Waals surface area contributed by atoms with E-state index in [1.54, 1.807) is 0 Å². The minimum atomic E-state index is -4.90. The first kappa shape index (κ1) is 17.0. The first-order valence-electron chi connectivity index (χ1n) is 5.18. The maximum Gasteiger partial charge on any atom is 1.00 e. The van der Waals surface area contributed by atoms with Crippen LogP contribution < -0.4 is 51.4 Å². The van der Waals surface area contributed by atoms with Gasteiger partial charge in [-0.2, -0.15) is 0 Å². The number of rotatable bonds is 2. The van der Waals surface area contributed by atoms with Gasteiger partial charge in [-0.3, -0.25) is 4.79 Å². The molecule has 88 valence electrons. The molecule has 7 heteroatoms. The third kappa shape index (κ3) is 6.05. The summed E-state index contributed by atoms with van der Waals surface area (Å²) in [6.45, 7) is -0.694. The van der Waals surface area contributed by atoms with Crippen molar-refractivity contribution in [3.05, 3.63) is 0 Å². The third-order valence-electron chi connectivity index (χ3n) is 2.85. The van der Waals surface area contributed by atoms with Gasteiger partial charge in [0, 0.05) is 13.0 Å². The summed E-state index contributed by atoms with van der Waals surface area (Å²) >= 11 is 0. The summed E-state index contributed by atoms with van der Waals surface area (Å²) in [6.07, 6.45) is 0.506. The predicted molar refractivity (Wildman–Crippen MR) is 53.3 cm³/mol. The van der Waals surface area contributed by atoms with Crippen molar-refractivity contribution in [3.8, 4) is 0 Å². The average molecular weight is 261 g/mol. The van der Waals surface area contributed by atoms with Crippen LogP contribution in [0.5, 0.6) is 0 Å². The first-order chi connectivity index (χ1) is 6.70.